The Hall–Kier alpha value is -4.08. The van der Waals surface area contributed by atoms with E-state index in [0.717, 1.165) is 41.2 Å². The van der Waals surface area contributed by atoms with Crippen LogP contribution in [0.5, 0.6) is 17.2 Å². The van der Waals surface area contributed by atoms with Crippen molar-refractivity contribution in [2.75, 3.05) is 26.6 Å². The second-order valence-electron chi connectivity index (χ2n) is 13.3. The topological polar surface area (TPSA) is 103 Å². The third kappa shape index (κ3) is 5.60. The molecule has 1 amide bonds. The van der Waals surface area contributed by atoms with Gasteiger partial charge in [0.2, 0.25) is 15.8 Å². The number of hydrogen-bond acceptors (Lipinski definition) is 6. The van der Waals surface area contributed by atoms with Gasteiger partial charge in [0.05, 0.1) is 31.8 Å². The van der Waals surface area contributed by atoms with Gasteiger partial charge in [-0.05, 0) is 103 Å². The van der Waals surface area contributed by atoms with E-state index in [1.165, 1.54) is 33.5 Å². The van der Waals surface area contributed by atoms with E-state index in [1.807, 2.05) is 18.2 Å². The summed E-state index contributed by atoms with van der Waals surface area (Å²) in [5, 5.41) is 5.15. The molecule has 4 aliphatic rings. The molecule has 0 radical (unpaired) electrons. The summed E-state index contributed by atoms with van der Waals surface area (Å²) in [6.45, 7) is 0. The number of ether oxygens (including phenoxy) is 3. The summed E-state index contributed by atoms with van der Waals surface area (Å²) in [7, 11) is 0.850. The van der Waals surface area contributed by atoms with Crippen molar-refractivity contribution < 1.29 is 27.4 Å². The molecule has 240 valence electrons. The van der Waals surface area contributed by atoms with Crippen LogP contribution in [0.1, 0.15) is 60.0 Å². The average Bonchev–Trinajstić information content (AvgIpc) is 3.03. The van der Waals surface area contributed by atoms with Crippen molar-refractivity contribution in [3.63, 3.8) is 0 Å². The van der Waals surface area contributed by atoms with Crippen molar-refractivity contribution in [3.05, 3.63) is 89.5 Å². The largest absolute Gasteiger partial charge is 0.492 e. The molecule has 0 aliphatic heterocycles. The number of carbonyl (C=O) groups is 1. The first kappa shape index (κ1) is 30.6. The van der Waals surface area contributed by atoms with Crippen LogP contribution in [0.3, 0.4) is 0 Å². The maximum Gasteiger partial charge on any atom is 0.259 e. The first-order valence-corrected chi connectivity index (χ1v) is 17.4. The molecule has 8 rings (SSSR count). The predicted octanol–water partition coefficient (Wildman–Crippen LogP) is 6.96. The summed E-state index contributed by atoms with van der Waals surface area (Å²) in [6.07, 6.45) is 7.02. The fraction of sp³-hybridized carbons (Fsp3) is 0.378. The average molecular weight is 641 g/mol. The van der Waals surface area contributed by atoms with E-state index in [9.17, 15) is 13.2 Å². The van der Waals surface area contributed by atoms with E-state index >= 15 is 0 Å². The predicted molar refractivity (Wildman–Crippen MR) is 178 cm³/mol. The van der Waals surface area contributed by atoms with Gasteiger partial charge in [0.15, 0.2) is 11.5 Å². The molecule has 4 bridgehead atoms. The van der Waals surface area contributed by atoms with Gasteiger partial charge in [0, 0.05) is 23.2 Å². The lowest BCUT2D eigenvalue weighted by molar-refractivity contribution is -0.00810. The normalized spacial score (nSPS) is 23.3. The number of anilines is 1. The number of benzene rings is 4. The van der Waals surface area contributed by atoms with Gasteiger partial charge in [-0.1, -0.05) is 42.5 Å². The third-order valence-electron chi connectivity index (χ3n) is 10.2. The molecule has 46 heavy (non-hydrogen) atoms. The Morgan fingerprint density at radius 2 is 1.37 bits per heavy atom. The molecule has 4 aromatic carbocycles. The minimum atomic E-state index is -3.71. The molecule has 4 saturated carbocycles. The molecule has 4 fully saturated rings. The maximum absolute atomic E-state index is 13.8. The highest BCUT2D eigenvalue weighted by Gasteiger charge is 2.52. The van der Waals surface area contributed by atoms with Crippen molar-refractivity contribution in [2.45, 2.75) is 55.4 Å². The van der Waals surface area contributed by atoms with Gasteiger partial charge in [-0.15, -0.1) is 0 Å². The number of sulfonamides is 1. The van der Waals surface area contributed by atoms with Gasteiger partial charge in [0.1, 0.15) is 0 Å². The van der Waals surface area contributed by atoms with Crippen LogP contribution in [0.25, 0.3) is 10.8 Å². The molecule has 4 aliphatic carbocycles. The summed E-state index contributed by atoms with van der Waals surface area (Å²) in [6, 6.07) is 22.4. The van der Waals surface area contributed by atoms with Gasteiger partial charge in [-0.25, -0.2) is 13.1 Å². The molecule has 0 saturated heterocycles. The number of amides is 1. The molecule has 0 aromatic heterocycles. The van der Waals surface area contributed by atoms with Crippen molar-refractivity contribution in [1.82, 2.24) is 4.72 Å². The zero-order valence-corrected chi connectivity index (χ0v) is 27.3. The van der Waals surface area contributed by atoms with Crippen LogP contribution in [-0.2, 0) is 16.4 Å². The highest BCUT2D eigenvalue weighted by Crippen LogP contribution is 2.56. The van der Waals surface area contributed by atoms with Gasteiger partial charge >= 0.3 is 0 Å². The fourth-order valence-corrected chi connectivity index (χ4v) is 10.2. The molecule has 2 N–H and O–H groups in total. The quantitative estimate of drug-likeness (QED) is 0.194. The highest BCUT2D eigenvalue weighted by atomic mass is 32.2. The molecular formula is C37H40N2O6S. The van der Waals surface area contributed by atoms with Crippen molar-refractivity contribution in [2.24, 2.45) is 17.8 Å². The summed E-state index contributed by atoms with van der Waals surface area (Å²) < 4.78 is 47.3. The van der Waals surface area contributed by atoms with Crippen LogP contribution in [0, 0.1) is 17.8 Å². The fourth-order valence-electron chi connectivity index (χ4n) is 8.74. The minimum Gasteiger partial charge on any atom is -0.492 e. The molecule has 0 atom stereocenters. The van der Waals surface area contributed by atoms with Crippen LogP contribution >= 0.6 is 0 Å². The second kappa shape index (κ2) is 11.9. The lowest BCUT2D eigenvalue weighted by Crippen LogP contribution is -2.59. The third-order valence-corrected chi connectivity index (χ3v) is 11.8. The first-order chi connectivity index (χ1) is 22.2. The van der Waals surface area contributed by atoms with E-state index < -0.39 is 15.9 Å². The Labute approximate surface area is 270 Å². The van der Waals surface area contributed by atoms with E-state index in [4.69, 9.17) is 14.2 Å². The van der Waals surface area contributed by atoms with Crippen LogP contribution < -0.4 is 24.2 Å². The molecular weight excluding hydrogens is 600 g/mol. The monoisotopic (exact) mass is 640 g/mol. The zero-order valence-electron chi connectivity index (χ0n) is 26.5. The number of hydrogen-bond donors (Lipinski definition) is 2. The maximum atomic E-state index is 13.8. The lowest BCUT2D eigenvalue weighted by Gasteiger charge is -2.56. The SMILES string of the molecule is COc1c(Cc2cccc3ccccc23)cc(C(=O)Nc2ccc(S(=O)(=O)NC34CC5CC(CC(C5)C3)C4)cc2)c(OC)c1OC. The highest BCUT2D eigenvalue weighted by molar-refractivity contribution is 7.89. The summed E-state index contributed by atoms with van der Waals surface area (Å²) >= 11 is 0. The van der Waals surface area contributed by atoms with Gasteiger partial charge in [-0.2, -0.15) is 0 Å². The standard InChI is InChI=1S/C37H40N2O6S/c1-43-33-28(18-27-9-6-8-26-7-4-5-10-31(26)27)19-32(34(44-2)35(33)45-3)36(40)38-29-11-13-30(14-12-29)46(41,42)39-37-20-23-15-24(21-37)17-25(16-23)22-37/h4-14,19,23-25,39H,15-18,20-22H2,1-3H3,(H,38,40). The Bertz CT molecular complexity index is 1860. The van der Waals surface area contributed by atoms with Crippen LogP contribution in [-0.4, -0.2) is 41.2 Å². The van der Waals surface area contributed by atoms with E-state index in [2.05, 4.69) is 34.3 Å². The van der Waals surface area contributed by atoms with Crippen LogP contribution in [0.4, 0.5) is 5.69 Å². The molecule has 8 nitrogen and oxygen atoms in total. The van der Waals surface area contributed by atoms with Crippen molar-refractivity contribution >= 4 is 32.4 Å². The number of rotatable bonds is 10. The molecule has 9 heteroatoms. The molecule has 4 aromatic rings. The Kier molecular flexibility index (Phi) is 7.93. The second-order valence-corrected chi connectivity index (χ2v) is 15.0. The first-order valence-electron chi connectivity index (χ1n) is 15.9. The van der Waals surface area contributed by atoms with E-state index in [0.29, 0.717) is 41.4 Å². The van der Waals surface area contributed by atoms with E-state index in [1.54, 1.807) is 37.4 Å². The Morgan fingerprint density at radius 1 is 0.761 bits per heavy atom. The lowest BCUT2D eigenvalue weighted by atomic mass is 9.53. The molecule has 0 unspecified atom stereocenters. The smallest absolute Gasteiger partial charge is 0.259 e. The Balaban J connectivity index is 1.14. The van der Waals surface area contributed by atoms with Crippen LogP contribution in [0.2, 0.25) is 0 Å². The number of nitrogens with one attached hydrogen (secondary N) is 2. The summed E-state index contributed by atoms with van der Waals surface area (Å²) in [4.78, 5) is 14.0. The van der Waals surface area contributed by atoms with Gasteiger partial charge in [-0.3, -0.25) is 4.79 Å². The number of fused-ring (bicyclic) bond motifs is 1. The van der Waals surface area contributed by atoms with Crippen molar-refractivity contribution in [1.29, 1.82) is 0 Å². The molecule has 0 spiro atoms. The summed E-state index contributed by atoms with van der Waals surface area (Å²) in [5.74, 6) is 2.54. The number of methoxy groups -OCH3 is 3. The Morgan fingerprint density at radius 3 is 2.00 bits per heavy atom. The number of carbonyl (C=O) groups excluding carboxylic acids is 1. The van der Waals surface area contributed by atoms with E-state index in [-0.39, 0.29) is 21.7 Å². The van der Waals surface area contributed by atoms with Crippen molar-refractivity contribution in [3.8, 4) is 17.2 Å². The summed E-state index contributed by atoms with van der Waals surface area (Å²) in [5.41, 5.74) is 2.25. The van der Waals surface area contributed by atoms with Gasteiger partial charge < -0.3 is 19.5 Å². The minimum absolute atomic E-state index is 0.197. The van der Waals surface area contributed by atoms with Crippen LogP contribution in [0.15, 0.2) is 77.7 Å². The van der Waals surface area contributed by atoms with Gasteiger partial charge in [0.25, 0.3) is 5.91 Å². The molecule has 0 heterocycles. The zero-order chi connectivity index (χ0) is 32.1.